The molecular weight excluding hydrogens is 384 g/mol. The first-order valence-electron chi connectivity index (χ1n) is 9.04. The average molecular weight is 405 g/mol. The van der Waals surface area contributed by atoms with Crippen LogP contribution in [0, 0.1) is 13.8 Å². The van der Waals surface area contributed by atoms with Crippen LogP contribution in [0.5, 0.6) is 0 Å². The van der Waals surface area contributed by atoms with Crippen molar-refractivity contribution in [3.63, 3.8) is 0 Å². The number of thioether (sulfide) groups is 1. The number of aromatic nitrogens is 1. The summed E-state index contributed by atoms with van der Waals surface area (Å²) < 4.78 is 2.28. The van der Waals surface area contributed by atoms with Gasteiger partial charge in [-0.15, -0.1) is 11.3 Å². The van der Waals surface area contributed by atoms with Crippen LogP contribution in [0.25, 0.3) is 10.2 Å². The lowest BCUT2D eigenvalue weighted by atomic mass is 10.1. The number of para-hydroxylation sites is 1. The molecule has 1 N–H and O–H groups in total. The van der Waals surface area contributed by atoms with Gasteiger partial charge >= 0.3 is 0 Å². The molecule has 4 rings (SSSR count). The zero-order valence-electron chi connectivity index (χ0n) is 15.7. The number of hydrogen-bond donors (Lipinski definition) is 1. The van der Waals surface area contributed by atoms with Crippen molar-refractivity contribution in [3.05, 3.63) is 89.0 Å². The number of carbonyl (C=O) groups is 1. The highest BCUT2D eigenvalue weighted by Crippen LogP contribution is 2.31. The molecule has 0 radical (unpaired) electrons. The van der Waals surface area contributed by atoms with E-state index in [2.05, 4.69) is 22.4 Å². The smallest absolute Gasteiger partial charge is 0.255 e. The zero-order chi connectivity index (χ0) is 19.5. The van der Waals surface area contributed by atoms with Crippen LogP contribution in [0.2, 0.25) is 0 Å². The Balaban J connectivity index is 1.39. The van der Waals surface area contributed by atoms with Gasteiger partial charge in [0.05, 0.1) is 10.2 Å². The van der Waals surface area contributed by atoms with Crippen molar-refractivity contribution >= 4 is 44.9 Å². The van der Waals surface area contributed by atoms with E-state index < -0.39 is 0 Å². The molecule has 28 heavy (non-hydrogen) atoms. The first-order chi connectivity index (χ1) is 13.6. The van der Waals surface area contributed by atoms with Crippen molar-refractivity contribution in [3.8, 4) is 0 Å². The maximum Gasteiger partial charge on any atom is 0.255 e. The molecule has 5 heteroatoms. The number of carbonyl (C=O) groups excluding carboxylic acids is 1. The van der Waals surface area contributed by atoms with Crippen molar-refractivity contribution in [1.82, 2.24) is 4.98 Å². The Kier molecular flexibility index (Phi) is 5.46. The molecule has 4 aromatic rings. The summed E-state index contributed by atoms with van der Waals surface area (Å²) >= 11 is 3.44. The van der Waals surface area contributed by atoms with Gasteiger partial charge in [0.15, 0.2) is 4.34 Å². The lowest BCUT2D eigenvalue weighted by Gasteiger charge is -2.09. The summed E-state index contributed by atoms with van der Waals surface area (Å²) in [5.74, 6) is 0.746. The van der Waals surface area contributed by atoms with E-state index in [4.69, 9.17) is 0 Å². The van der Waals surface area contributed by atoms with Gasteiger partial charge < -0.3 is 5.32 Å². The summed E-state index contributed by atoms with van der Waals surface area (Å²) in [6, 6.07) is 22.0. The summed E-state index contributed by atoms with van der Waals surface area (Å²) in [5.41, 5.74) is 5.99. The third kappa shape index (κ3) is 4.26. The molecule has 0 spiro atoms. The molecule has 3 aromatic carbocycles. The second-order valence-corrected chi connectivity index (χ2v) is 8.96. The summed E-state index contributed by atoms with van der Waals surface area (Å²) in [5, 5.41) is 2.99. The molecule has 0 unspecified atom stereocenters. The summed E-state index contributed by atoms with van der Waals surface area (Å²) in [6.45, 7) is 4.05. The van der Waals surface area contributed by atoms with E-state index in [9.17, 15) is 4.79 Å². The van der Waals surface area contributed by atoms with E-state index in [-0.39, 0.29) is 5.91 Å². The Morgan fingerprint density at radius 1 is 1.04 bits per heavy atom. The van der Waals surface area contributed by atoms with Crippen molar-refractivity contribution in [1.29, 1.82) is 0 Å². The Labute approximate surface area is 172 Å². The molecule has 1 heterocycles. The second kappa shape index (κ2) is 8.17. The van der Waals surface area contributed by atoms with E-state index in [0.29, 0.717) is 5.56 Å². The van der Waals surface area contributed by atoms with Crippen molar-refractivity contribution in [2.75, 3.05) is 5.32 Å². The number of benzene rings is 3. The lowest BCUT2D eigenvalue weighted by Crippen LogP contribution is -2.12. The Morgan fingerprint density at radius 2 is 1.82 bits per heavy atom. The second-order valence-electron chi connectivity index (χ2n) is 6.71. The van der Waals surface area contributed by atoms with Gasteiger partial charge in [-0.05, 0) is 55.3 Å². The highest BCUT2D eigenvalue weighted by atomic mass is 32.2. The number of amides is 1. The first-order valence-corrected chi connectivity index (χ1v) is 10.8. The number of thiazole rings is 1. The Hall–Kier alpha value is -2.63. The van der Waals surface area contributed by atoms with Crippen LogP contribution < -0.4 is 5.32 Å². The third-order valence-corrected chi connectivity index (χ3v) is 6.73. The van der Waals surface area contributed by atoms with Gasteiger partial charge in [0.1, 0.15) is 0 Å². The number of rotatable bonds is 5. The van der Waals surface area contributed by atoms with Gasteiger partial charge in [-0.1, -0.05) is 53.7 Å². The minimum atomic E-state index is -0.0858. The molecule has 1 aromatic heterocycles. The summed E-state index contributed by atoms with van der Waals surface area (Å²) in [6.07, 6.45) is 0. The SMILES string of the molecule is Cc1ccc(NC(=O)c2ccc(CSc3nc4ccccc4s3)cc2)c(C)c1. The first kappa shape index (κ1) is 18.7. The molecule has 0 aliphatic heterocycles. The number of hydrogen-bond acceptors (Lipinski definition) is 4. The number of nitrogens with zero attached hydrogens (tertiary/aromatic N) is 1. The van der Waals surface area contributed by atoms with E-state index in [0.717, 1.165) is 26.9 Å². The molecule has 0 atom stereocenters. The van der Waals surface area contributed by atoms with Gasteiger partial charge in [-0.25, -0.2) is 4.98 Å². The molecule has 0 saturated heterocycles. The van der Waals surface area contributed by atoms with E-state index >= 15 is 0 Å². The van der Waals surface area contributed by atoms with E-state index in [1.165, 1.54) is 15.8 Å². The lowest BCUT2D eigenvalue weighted by molar-refractivity contribution is 0.102. The standard InChI is InChI=1S/C23H20N2OS2/c1-15-7-12-19(16(2)13-15)24-22(26)18-10-8-17(9-11-18)14-27-23-25-20-5-3-4-6-21(20)28-23/h3-13H,14H2,1-2H3,(H,24,26). The number of aryl methyl sites for hydroxylation is 2. The zero-order valence-corrected chi connectivity index (χ0v) is 17.4. The maximum atomic E-state index is 12.5. The van der Waals surface area contributed by atoms with Crippen molar-refractivity contribution in [2.45, 2.75) is 23.9 Å². The maximum absolute atomic E-state index is 12.5. The van der Waals surface area contributed by atoms with E-state index in [1.807, 2.05) is 68.4 Å². The van der Waals surface area contributed by atoms with Crippen molar-refractivity contribution in [2.24, 2.45) is 0 Å². The third-order valence-electron chi connectivity index (χ3n) is 4.48. The molecule has 3 nitrogen and oxygen atoms in total. The highest BCUT2D eigenvalue weighted by molar-refractivity contribution is 8.00. The molecule has 0 aliphatic rings. The molecule has 1 amide bonds. The minimum absolute atomic E-state index is 0.0858. The fourth-order valence-electron chi connectivity index (χ4n) is 2.96. The van der Waals surface area contributed by atoms with Crippen LogP contribution in [0.1, 0.15) is 27.0 Å². The number of fused-ring (bicyclic) bond motifs is 1. The fourth-order valence-corrected chi connectivity index (χ4v) is 4.98. The van der Waals surface area contributed by atoms with E-state index in [1.54, 1.807) is 23.1 Å². The predicted octanol–water partition coefficient (Wildman–Crippen LogP) is 6.46. The molecule has 0 fully saturated rings. The van der Waals surface area contributed by atoms with Crippen LogP contribution in [0.4, 0.5) is 5.69 Å². The molecule has 140 valence electrons. The van der Waals surface area contributed by atoms with Gasteiger partial charge in [0.2, 0.25) is 0 Å². The number of nitrogens with one attached hydrogen (secondary N) is 1. The van der Waals surface area contributed by atoms with Crippen molar-refractivity contribution < 1.29 is 4.79 Å². The summed E-state index contributed by atoms with van der Waals surface area (Å²) in [7, 11) is 0. The minimum Gasteiger partial charge on any atom is -0.322 e. The highest BCUT2D eigenvalue weighted by Gasteiger charge is 2.09. The molecule has 0 aliphatic carbocycles. The van der Waals surface area contributed by atoms with Crippen LogP contribution in [-0.4, -0.2) is 10.9 Å². The normalized spacial score (nSPS) is 10.9. The average Bonchev–Trinajstić information content (AvgIpc) is 3.12. The van der Waals surface area contributed by atoms with Crippen LogP contribution >= 0.6 is 23.1 Å². The molecule has 0 bridgehead atoms. The van der Waals surface area contributed by atoms with Gasteiger partial charge in [0, 0.05) is 17.0 Å². The summed E-state index contributed by atoms with van der Waals surface area (Å²) in [4.78, 5) is 17.2. The fraction of sp³-hybridized carbons (Fsp3) is 0.130. The van der Waals surface area contributed by atoms with Crippen LogP contribution in [0.3, 0.4) is 0 Å². The topological polar surface area (TPSA) is 42.0 Å². The predicted molar refractivity (Wildman–Crippen MR) is 119 cm³/mol. The van der Waals surface area contributed by atoms with Gasteiger partial charge in [0.25, 0.3) is 5.91 Å². The van der Waals surface area contributed by atoms with Gasteiger partial charge in [-0.2, -0.15) is 0 Å². The molecule has 0 saturated carbocycles. The largest absolute Gasteiger partial charge is 0.322 e. The van der Waals surface area contributed by atoms with Gasteiger partial charge in [-0.3, -0.25) is 4.79 Å². The quantitative estimate of drug-likeness (QED) is 0.388. The Morgan fingerprint density at radius 3 is 2.57 bits per heavy atom. The Bertz CT molecular complexity index is 1100. The van der Waals surface area contributed by atoms with Crippen LogP contribution in [-0.2, 0) is 5.75 Å². The monoisotopic (exact) mass is 404 g/mol. The number of anilines is 1. The molecular formula is C23H20N2OS2. The van der Waals surface area contributed by atoms with Crippen LogP contribution in [0.15, 0.2) is 71.1 Å².